The van der Waals surface area contributed by atoms with Gasteiger partial charge in [0.15, 0.2) is 0 Å². The molecule has 0 fully saturated rings. The Labute approximate surface area is 139 Å². The van der Waals surface area contributed by atoms with Crippen molar-refractivity contribution in [1.29, 1.82) is 0 Å². The van der Waals surface area contributed by atoms with Gasteiger partial charge in [0.1, 0.15) is 0 Å². The van der Waals surface area contributed by atoms with E-state index in [1.807, 2.05) is 61.5 Å². The monoisotopic (exact) mass is 298 g/mol. The molecule has 0 N–H and O–H groups in total. The van der Waals surface area contributed by atoms with Gasteiger partial charge in [-0.05, 0) is 29.2 Å². The smallest absolute Gasteiger partial charge is 0.0183 e. The van der Waals surface area contributed by atoms with Gasteiger partial charge < -0.3 is 0 Å². The summed E-state index contributed by atoms with van der Waals surface area (Å²) < 4.78 is 0. The van der Waals surface area contributed by atoms with E-state index in [0.717, 1.165) is 11.1 Å². The van der Waals surface area contributed by atoms with Crippen LogP contribution in [0.25, 0.3) is 11.1 Å². The van der Waals surface area contributed by atoms with Crippen LogP contribution in [0.5, 0.6) is 0 Å². The third-order valence-electron chi connectivity index (χ3n) is 3.51. The van der Waals surface area contributed by atoms with Crippen LogP contribution in [-0.4, -0.2) is 0 Å². The summed E-state index contributed by atoms with van der Waals surface area (Å²) in [5.41, 5.74) is 5.77. The first-order valence-electron chi connectivity index (χ1n) is 7.69. The van der Waals surface area contributed by atoms with Gasteiger partial charge in [-0.15, -0.1) is 0 Å². The van der Waals surface area contributed by atoms with Crippen molar-refractivity contribution in [1.82, 2.24) is 0 Å². The maximum Gasteiger partial charge on any atom is -0.0183 e. The van der Waals surface area contributed by atoms with Crippen LogP contribution >= 0.6 is 0 Å². The van der Waals surface area contributed by atoms with Gasteiger partial charge in [0.05, 0.1) is 0 Å². The standard InChI is InChI=1S/C14H12.C9H10/c1-12(13-8-4-2-5-9-13)14-10-6-3-7-11-14;1-8(2)9-6-4-3-5-7-9/h2-11H,1H2;3-7H,1H2,2H3. The lowest BCUT2D eigenvalue weighted by molar-refractivity contribution is 1.56. The molecule has 0 saturated carbocycles. The first kappa shape index (κ1) is 16.5. The summed E-state index contributed by atoms with van der Waals surface area (Å²) >= 11 is 0. The molecule has 0 radical (unpaired) electrons. The molecule has 0 unspecified atom stereocenters. The molecule has 0 aromatic heterocycles. The molecule has 114 valence electrons. The molecule has 3 aromatic carbocycles. The van der Waals surface area contributed by atoms with E-state index >= 15 is 0 Å². The van der Waals surface area contributed by atoms with Crippen molar-refractivity contribution in [3.63, 3.8) is 0 Å². The molecular formula is C23H22. The second kappa shape index (κ2) is 8.55. The van der Waals surface area contributed by atoms with Gasteiger partial charge in [0.25, 0.3) is 0 Å². The molecule has 0 heteroatoms. The van der Waals surface area contributed by atoms with Crippen LogP contribution in [0.4, 0.5) is 0 Å². The highest BCUT2D eigenvalue weighted by atomic mass is 14.0. The number of hydrogen-bond donors (Lipinski definition) is 0. The van der Waals surface area contributed by atoms with E-state index in [0.29, 0.717) is 0 Å². The molecule has 0 heterocycles. The Morgan fingerprint density at radius 2 is 0.826 bits per heavy atom. The maximum atomic E-state index is 4.10. The summed E-state index contributed by atoms with van der Waals surface area (Å²) in [7, 11) is 0. The average molecular weight is 298 g/mol. The second-order valence-corrected chi connectivity index (χ2v) is 5.36. The van der Waals surface area contributed by atoms with Crippen LogP contribution in [-0.2, 0) is 0 Å². The first-order valence-corrected chi connectivity index (χ1v) is 7.69. The fourth-order valence-electron chi connectivity index (χ4n) is 2.17. The lowest BCUT2D eigenvalue weighted by atomic mass is 10.0. The molecule has 23 heavy (non-hydrogen) atoms. The fourth-order valence-corrected chi connectivity index (χ4v) is 2.17. The predicted octanol–water partition coefficient (Wildman–Crippen LogP) is 6.47. The van der Waals surface area contributed by atoms with E-state index in [1.165, 1.54) is 16.7 Å². The van der Waals surface area contributed by atoms with Crippen LogP contribution in [0.15, 0.2) is 104 Å². The zero-order chi connectivity index (χ0) is 16.5. The van der Waals surface area contributed by atoms with Crippen LogP contribution in [0, 0.1) is 0 Å². The summed E-state index contributed by atoms with van der Waals surface area (Å²) in [6.45, 7) is 9.93. The number of rotatable bonds is 3. The minimum atomic E-state index is 1.08. The lowest BCUT2D eigenvalue weighted by Crippen LogP contribution is -1.84. The molecule has 0 nitrogen and oxygen atoms in total. The third-order valence-corrected chi connectivity index (χ3v) is 3.51. The van der Waals surface area contributed by atoms with E-state index in [4.69, 9.17) is 0 Å². The molecule has 0 amide bonds. The number of benzene rings is 3. The fraction of sp³-hybridized carbons (Fsp3) is 0.0435. The summed E-state index contributed by atoms with van der Waals surface area (Å²) in [5.74, 6) is 0. The Morgan fingerprint density at radius 1 is 0.522 bits per heavy atom. The second-order valence-electron chi connectivity index (χ2n) is 5.36. The summed E-state index contributed by atoms with van der Waals surface area (Å²) in [5, 5.41) is 0. The van der Waals surface area contributed by atoms with Crippen molar-refractivity contribution in [3.8, 4) is 0 Å². The Kier molecular flexibility index (Phi) is 6.14. The van der Waals surface area contributed by atoms with Crippen molar-refractivity contribution in [2.75, 3.05) is 0 Å². The average Bonchev–Trinajstić information content (AvgIpc) is 2.64. The van der Waals surface area contributed by atoms with Crippen molar-refractivity contribution in [2.24, 2.45) is 0 Å². The Bertz CT molecular complexity index is 696. The Morgan fingerprint density at radius 3 is 1.09 bits per heavy atom. The first-order chi connectivity index (χ1) is 11.2. The maximum absolute atomic E-state index is 4.10. The molecule has 0 aliphatic rings. The summed E-state index contributed by atoms with van der Waals surface area (Å²) in [6.07, 6.45) is 0. The van der Waals surface area contributed by atoms with E-state index in [9.17, 15) is 0 Å². The number of allylic oxidation sites excluding steroid dienone is 1. The molecular weight excluding hydrogens is 276 g/mol. The van der Waals surface area contributed by atoms with Gasteiger partial charge in [0.2, 0.25) is 0 Å². The Balaban J connectivity index is 0.000000185. The molecule has 3 rings (SSSR count). The van der Waals surface area contributed by atoms with Gasteiger partial charge in [-0.1, -0.05) is 110 Å². The van der Waals surface area contributed by atoms with Crippen LogP contribution in [0.2, 0.25) is 0 Å². The highest BCUT2D eigenvalue weighted by molar-refractivity contribution is 5.77. The minimum absolute atomic E-state index is 1.08. The molecule has 0 saturated heterocycles. The predicted molar refractivity (Wildman–Crippen MR) is 102 cm³/mol. The van der Waals surface area contributed by atoms with E-state index in [2.05, 4.69) is 49.6 Å². The molecule has 0 aliphatic heterocycles. The van der Waals surface area contributed by atoms with Gasteiger partial charge in [-0.3, -0.25) is 0 Å². The number of hydrogen-bond acceptors (Lipinski definition) is 0. The van der Waals surface area contributed by atoms with Crippen LogP contribution < -0.4 is 0 Å². The highest BCUT2D eigenvalue weighted by Gasteiger charge is 1.99. The summed E-state index contributed by atoms with van der Waals surface area (Å²) in [4.78, 5) is 0. The molecule has 0 bridgehead atoms. The van der Waals surface area contributed by atoms with Crippen molar-refractivity contribution in [3.05, 3.63) is 121 Å². The molecule has 3 aromatic rings. The quantitative estimate of drug-likeness (QED) is 0.520. The topological polar surface area (TPSA) is 0 Å². The van der Waals surface area contributed by atoms with Gasteiger partial charge in [0, 0.05) is 0 Å². The lowest BCUT2D eigenvalue weighted by Gasteiger charge is -2.04. The van der Waals surface area contributed by atoms with E-state index < -0.39 is 0 Å². The van der Waals surface area contributed by atoms with Crippen molar-refractivity contribution < 1.29 is 0 Å². The zero-order valence-corrected chi connectivity index (χ0v) is 13.6. The highest BCUT2D eigenvalue weighted by Crippen LogP contribution is 2.20. The van der Waals surface area contributed by atoms with E-state index in [-0.39, 0.29) is 0 Å². The zero-order valence-electron chi connectivity index (χ0n) is 13.6. The van der Waals surface area contributed by atoms with Gasteiger partial charge >= 0.3 is 0 Å². The molecule has 0 spiro atoms. The van der Waals surface area contributed by atoms with E-state index in [1.54, 1.807) is 0 Å². The molecule has 0 atom stereocenters. The van der Waals surface area contributed by atoms with Crippen LogP contribution in [0.1, 0.15) is 23.6 Å². The normalized spacial score (nSPS) is 9.43. The summed E-state index contributed by atoms with van der Waals surface area (Å²) in [6, 6.07) is 30.6. The van der Waals surface area contributed by atoms with Crippen molar-refractivity contribution in [2.45, 2.75) is 6.92 Å². The Hall–Kier alpha value is -2.86. The van der Waals surface area contributed by atoms with Gasteiger partial charge in [-0.2, -0.15) is 0 Å². The van der Waals surface area contributed by atoms with Gasteiger partial charge in [-0.25, -0.2) is 0 Å². The van der Waals surface area contributed by atoms with Crippen molar-refractivity contribution >= 4 is 11.1 Å². The SMILES string of the molecule is C=C(C)c1ccccc1.C=C(c1ccccc1)c1ccccc1. The molecule has 0 aliphatic carbocycles. The third kappa shape index (κ3) is 5.12. The minimum Gasteiger partial charge on any atom is -0.0955 e. The van der Waals surface area contributed by atoms with Crippen LogP contribution in [0.3, 0.4) is 0 Å². The largest absolute Gasteiger partial charge is 0.0955 e.